The highest BCUT2D eigenvalue weighted by atomic mass is 35.5. The molecular weight excluding hydrogens is 274 g/mol. The topological polar surface area (TPSA) is 38.0 Å². The molecule has 1 N–H and O–H groups in total. The van der Waals surface area contributed by atoms with Crippen LogP contribution < -0.4 is 0 Å². The van der Waals surface area contributed by atoms with Crippen LogP contribution in [0.5, 0.6) is 0 Å². The van der Waals surface area contributed by atoms with Crippen LogP contribution in [0.2, 0.25) is 5.15 Å². The van der Waals surface area contributed by atoms with Crippen molar-refractivity contribution in [2.75, 3.05) is 0 Å². The molecule has 1 heterocycles. The Kier molecular flexibility index (Phi) is 3.87. The van der Waals surface area contributed by atoms with Crippen LogP contribution in [0.4, 0.5) is 8.78 Å². The quantitative estimate of drug-likeness (QED) is 0.942. The number of rotatable bonds is 3. The van der Waals surface area contributed by atoms with Gasteiger partial charge < -0.3 is 5.11 Å². The van der Waals surface area contributed by atoms with Gasteiger partial charge in [0.25, 0.3) is 0 Å². The van der Waals surface area contributed by atoms with Gasteiger partial charge in [-0.3, -0.25) is 4.68 Å². The van der Waals surface area contributed by atoms with E-state index in [2.05, 4.69) is 5.10 Å². The maximum absolute atomic E-state index is 13.1. The van der Waals surface area contributed by atoms with E-state index in [9.17, 15) is 13.9 Å². The van der Waals surface area contributed by atoms with Crippen molar-refractivity contribution in [1.82, 2.24) is 9.78 Å². The minimum absolute atomic E-state index is 0.142. The summed E-state index contributed by atoms with van der Waals surface area (Å²) < 4.78 is 27.4. The fraction of sp³-hybridized carbons (Fsp3) is 0.308. The Morgan fingerprint density at radius 1 is 1.37 bits per heavy atom. The summed E-state index contributed by atoms with van der Waals surface area (Å²) in [6.45, 7) is 1.73. The summed E-state index contributed by atoms with van der Waals surface area (Å²) in [4.78, 5) is 0. The molecule has 1 unspecified atom stereocenters. The van der Waals surface area contributed by atoms with Crippen LogP contribution in [0.3, 0.4) is 0 Å². The minimum atomic E-state index is -0.932. The SMILES string of the molecule is Cc1nn(C)c(Cl)c1C(O)Cc1ccc(F)c(F)c1. The fourth-order valence-corrected chi connectivity index (χ4v) is 2.32. The summed E-state index contributed by atoms with van der Waals surface area (Å²) >= 11 is 6.04. The Hall–Kier alpha value is -1.46. The van der Waals surface area contributed by atoms with Gasteiger partial charge in [0.2, 0.25) is 0 Å². The molecule has 0 bridgehead atoms. The summed E-state index contributed by atoms with van der Waals surface area (Å²) in [6.07, 6.45) is -0.769. The average molecular weight is 287 g/mol. The molecule has 0 saturated carbocycles. The third-order valence-corrected chi connectivity index (χ3v) is 3.39. The molecule has 0 spiro atoms. The molecule has 19 heavy (non-hydrogen) atoms. The van der Waals surface area contributed by atoms with Gasteiger partial charge in [-0.05, 0) is 24.6 Å². The lowest BCUT2D eigenvalue weighted by atomic mass is 10.0. The van der Waals surface area contributed by atoms with Crippen molar-refractivity contribution in [3.8, 4) is 0 Å². The second-order valence-electron chi connectivity index (χ2n) is 4.38. The number of nitrogens with zero attached hydrogens (tertiary/aromatic N) is 2. The lowest BCUT2D eigenvalue weighted by molar-refractivity contribution is 0.177. The van der Waals surface area contributed by atoms with Crippen molar-refractivity contribution in [1.29, 1.82) is 0 Å². The Balaban J connectivity index is 2.25. The monoisotopic (exact) mass is 286 g/mol. The van der Waals surface area contributed by atoms with Crippen LogP contribution in [0.15, 0.2) is 18.2 Å². The zero-order chi connectivity index (χ0) is 14.2. The highest BCUT2D eigenvalue weighted by Gasteiger charge is 2.20. The van der Waals surface area contributed by atoms with Crippen molar-refractivity contribution in [2.24, 2.45) is 7.05 Å². The van der Waals surface area contributed by atoms with Crippen molar-refractivity contribution in [3.63, 3.8) is 0 Å². The van der Waals surface area contributed by atoms with Gasteiger partial charge in [-0.15, -0.1) is 0 Å². The second-order valence-corrected chi connectivity index (χ2v) is 4.74. The van der Waals surface area contributed by atoms with E-state index >= 15 is 0 Å². The number of benzene rings is 1. The van der Waals surface area contributed by atoms with E-state index in [-0.39, 0.29) is 6.42 Å². The standard InChI is InChI=1S/C13H13ClF2N2O/c1-7-12(13(14)18(2)17-7)11(19)6-8-3-4-9(15)10(16)5-8/h3-5,11,19H,6H2,1-2H3. The molecule has 1 atom stereocenters. The van der Waals surface area contributed by atoms with Gasteiger partial charge in [-0.1, -0.05) is 17.7 Å². The number of hydrogen-bond donors (Lipinski definition) is 1. The molecule has 3 nitrogen and oxygen atoms in total. The van der Waals surface area contributed by atoms with Crippen molar-refractivity contribution >= 4 is 11.6 Å². The summed E-state index contributed by atoms with van der Waals surface area (Å²) in [6, 6.07) is 3.54. The van der Waals surface area contributed by atoms with Crippen molar-refractivity contribution in [2.45, 2.75) is 19.4 Å². The van der Waals surface area contributed by atoms with Crippen LogP contribution in [-0.2, 0) is 13.5 Å². The Labute approximate surface area is 114 Å². The van der Waals surface area contributed by atoms with Crippen molar-refractivity contribution < 1.29 is 13.9 Å². The van der Waals surface area contributed by atoms with E-state index in [1.165, 1.54) is 10.7 Å². The number of halogens is 3. The van der Waals surface area contributed by atoms with Gasteiger partial charge >= 0.3 is 0 Å². The summed E-state index contributed by atoms with van der Waals surface area (Å²) in [5.74, 6) is -1.84. The molecule has 0 fully saturated rings. The predicted octanol–water partition coefficient (Wildman–Crippen LogP) is 2.94. The Bertz CT molecular complexity index is 613. The number of hydrogen-bond acceptors (Lipinski definition) is 2. The third kappa shape index (κ3) is 2.77. The highest BCUT2D eigenvalue weighted by molar-refractivity contribution is 6.30. The minimum Gasteiger partial charge on any atom is -0.388 e. The molecule has 0 aliphatic heterocycles. The second kappa shape index (κ2) is 5.27. The normalized spacial score (nSPS) is 12.7. The van der Waals surface area contributed by atoms with E-state index < -0.39 is 17.7 Å². The van der Waals surface area contributed by atoms with Gasteiger partial charge in [-0.25, -0.2) is 8.78 Å². The van der Waals surface area contributed by atoms with E-state index in [4.69, 9.17) is 11.6 Å². The first-order valence-corrected chi connectivity index (χ1v) is 6.09. The molecule has 6 heteroatoms. The number of aromatic nitrogens is 2. The number of aliphatic hydroxyl groups excluding tert-OH is 1. The molecule has 1 aromatic heterocycles. The molecule has 1 aromatic carbocycles. The van der Waals surface area contributed by atoms with E-state index in [1.807, 2.05) is 0 Å². The van der Waals surface area contributed by atoms with Gasteiger partial charge in [-0.2, -0.15) is 5.10 Å². The first kappa shape index (κ1) is 14.0. The molecule has 102 valence electrons. The fourth-order valence-electron chi connectivity index (χ4n) is 2.02. The van der Waals surface area contributed by atoms with Crippen LogP contribution in [0.25, 0.3) is 0 Å². The summed E-state index contributed by atoms with van der Waals surface area (Å²) in [5, 5.41) is 14.6. The molecule has 0 aliphatic rings. The molecule has 0 amide bonds. The molecular formula is C13H13ClF2N2O. The lowest BCUT2D eigenvalue weighted by Gasteiger charge is -2.11. The van der Waals surface area contributed by atoms with Gasteiger partial charge in [0.05, 0.1) is 11.8 Å². The molecule has 2 aromatic rings. The van der Waals surface area contributed by atoms with Gasteiger partial charge in [0.15, 0.2) is 11.6 Å². The van der Waals surface area contributed by atoms with E-state index in [0.29, 0.717) is 22.0 Å². The van der Waals surface area contributed by atoms with Crippen molar-refractivity contribution in [3.05, 3.63) is 51.8 Å². The first-order valence-electron chi connectivity index (χ1n) is 5.71. The zero-order valence-electron chi connectivity index (χ0n) is 10.5. The van der Waals surface area contributed by atoms with Gasteiger partial charge in [0, 0.05) is 19.0 Å². The zero-order valence-corrected chi connectivity index (χ0v) is 11.2. The average Bonchev–Trinajstić information content (AvgIpc) is 2.58. The molecule has 0 aliphatic carbocycles. The van der Waals surface area contributed by atoms with Crippen LogP contribution in [0.1, 0.15) is 22.9 Å². The molecule has 0 saturated heterocycles. The smallest absolute Gasteiger partial charge is 0.159 e. The molecule has 2 rings (SSSR count). The van der Waals surface area contributed by atoms with Crippen LogP contribution >= 0.6 is 11.6 Å². The highest BCUT2D eigenvalue weighted by Crippen LogP contribution is 2.28. The van der Waals surface area contributed by atoms with Crippen LogP contribution in [0, 0.1) is 18.6 Å². The first-order chi connectivity index (χ1) is 8.90. The summed E-state index contributed by atoms with van der Waals surface area (Å²) in [5.41, 5.74) is 1.61. The van der Waals surface area contributed by atoms with Crippen LogP contribution in [-0.4, -0.2) is 14.9 Å². The number of aryl methyl sites for hydroxylation is 2. The van der Waals surface area contributed by atoms with E-state index in [1.54, 1.807) is 14.0 Å². The Morgan fingerprint density at radius 3 is 2.58 bits per heavy atom. The maximum Gasteiger partial charge on any atom is 0.159 e. The maximum atomic E-state index is 13.1. The largest absolute Gasteiger partial charge is 0.388 e. The third-order valence-electron chi connectivity index (χ3n) is 2.94. The number of aliphatic hydroxyl groups is 1. The predicted molar refractivity (Wildman–Crippen MR) is 68.0 cm³/mol. The van der Waals surface area contributed by atoms with Gasteiger partial charge in [0.1, 0.15) is 5.15 Å². The van der Waals surface area contributed by atoms with E-state index in [0.717, 1.165) is 12.1 Å². The molecule has 0 radical (unpaired) electrons. The lowest BCUT2D eigenvalue weighted by Crippen LogP contribution is -2.04. The summed E-state index contributed by atoms with van der Waals surface area (Å²) in [7, 11) is 1.67. The Morgan fingerprint density at radius 2 is 2.05 bits per heavy atom.